The molecule has 1 aliphatic rings. The fourth-order valence-electron chi connectivity index (χ4n) is 2.88. The largest absolute Gasteiger partial charge is 0.355 e. The molecule has 0 spiro atoms. The van der Waals surface area contributed by atoms with Gasteiger partial charge in [-0.3, -0.25) is 9.59 Å². The van der Waals surface area contributed by atoms with Gasteiger partial charge in [0.2, 0.25) is 5.91 Å². The first-order valence-electron chi connectivity index (χ1n) is 8.47. The van der Waals surface area contributed by atoms with Crippen molar-refractivity contribution in [1.29, 1.82) is 0 Å². The Hall–Kier alpha value is -1.49. The number of carbonyl (C=O) groups excluding carboxylic acids is 2. The van der Waals surface area contributed by atoms with E-state index in [0.29, 0.717) is 23.8 Å². The van der Waals surface area contributed by atoms with Crippen LogP contribution in [0.15, 0.2) is 29.2 Å². The van der Waals surface area contributed by atoms with Crippen molar-refractivity contribution in [3.8, 4) is 0 Å². The van der Waals surface area contributed by atoms with Crippen LogP contribution >= 0.6 is 11.8 Å². The molecule has 4 nitrogen and oxygen atoms in total. The summed E-state index contributed by atoms with van der Waals surface area (Å²) >= 11 is 1.42. The second kappa shape index (κ2) is 9.60. The number of thioether (sulfide) groups is 1. The molecule has 0 bridgehead atoms. The third-order valence-corrected chi connectivity index (χ3v) is 5.21. The van der Waals surface area contributed by atoms with Gasteiger partial charge in [-0.2, -0.15) is 0 Å². The number of rotatable bonds is 7. The van der Waals surface area contributed by atoms with Gasteiger partial charge in [-0.1, -0.05) is 31.4 Å². The SMILES string of the molecule is CCNC(=O)c1ccccc1SCC(=O)NCC1CCCCC1. The number of amides is 2. The van der Waals surface area contributed by atoms with E-state index in [-0.39, 0.29) is 11.8 Å². The molecular weight excluding hydrogens is 308 g/mol. The van der Waals surface area contributed by atoms with E-state index in [1.54, 1.807) is 6.07 Å². The molecule has 0 heterocycles. The number of carbonyl (C=O) groups is 2. The lowest BCUT2D eigenvalue weighted by molar-refractivity contribution is -0.118. The first-order chi connectivity index (χ1) is 11.2. The summed E-state index contributed by atoms with van der Waals surface area (Å²) in [5, 5.41) is 5.84. The van der Waals surface area contributed by atoms with Crippen molar-refractivity contribution in [2.45, 2.75) is 43.9 Å². The summed E-state index contributed by atoms with van der Waals surface area (Å²) in [6.07, 6.45) is 6.36. The van der Waals surface area contributed by atoms with Gasteiger partial charge < -0.3 is 10.6 Å². The lowest BCUT2D eigenvalue weighted by Crippen LogP contribution is -2.31. The quantitative estimate of drug-likeness (QED) is 0.753. The second-order valence-corrected chi connectivity index (χ2v) is 6.97. The molecule has 2 rings (SSSR count). The van der Waals surface area contributed by atoms with Gasteiger partial charge in [0.25, 0.3) is 5.91 Å². The van der Waals surface area contributed by atoms with Crippen LogP contribution in [0.2, 0.25) is 0 Å². The Morgan fingerprint density at radius 2 is 1.87 bits per heavy atom. The molecule has 5 heteroatoms. The summed E-state index contributed by atoms with van der Waals surface area (Å²) < 4.78 is 0. The van der Waals surface area contributed by atoms with Crippen LogP contribution in [0, 0.1) is 5.92 Å². The fourth-order valence-corrected chi connectivity index (χ4v) is 3.76. The molecule has 2 amide bonds. The van der Waals surface area contributed by atoms with Gasteiger partial charge in [-0.15, -0.1) is 11.8 Å². The van der Waals surface area contributed by atoms with E-state index in [4.69, 9.17) is 0 Å². The Morgan fingerprint density at radius 1 is 1.13 bits per heavy atom. The molecule has 126 valence electrons. The monoisotopic (exact) mass is 334 g/mol. The maximum Gasteiger partial charge on any atom is 0.252 e. The van der Waals surface area contributed by atoms with E-state index in [1.807, 2.05) is 25.1 Å². The third-order valence-electron chi connectivity index (χ3n) is 4.14. The molecule has 0 radical (unpaired) electrons. The van der Waals surface area contributed by atoms with Crippen molar-refractivity contribution in [2.75, 3.05) is 18.8 Å². The molecule has 2 N–H and O–H groups in total. The van der Waals surface area contributed by atoms with E-state index in [1.165, 1.54) is 43.9 Å². The molecule has 0 aliphatic heterocycles. The van der Waals surface area contributed by atoms with Crippen molar-refractivity contribution in [3.05, 3.63) is 29.8 Å². The molecule has 0 atom stereocenters. The zero-order valence-corrected chi connectivity index (χ0v) is 14.6. The van der Waals surface area contributed by atoms with E-state index in [0.717, 1.165) is 11.4 Å². The van der Waals surface area contributed by atoms with Crippen molar-refractivity contribution in [3.63, 3.8) is 0 Å². The van der Waals surface area contributed by atoms with Crippen LogP contribution in [0.3, 0.4) is 0 Å². The highest BCUT2D eigenvalue weighted by atomic mass is 32.2. The molecule has 23 heavy (non-hydrogen) atoms. The van der Waals surface area contributed by atoms with E-state index >= 15 is 0 Å². The highest BCUT2D eigenvalue weighted by Crippen LogP contribution is 2.24. The van der Waals surface area contributed by atoms with Crippen molar-refractivity contribution in [1.82, 2.24) is 10.6 Å². The molecule has 1 aliphatic carbocycles. The van der Waals surface area contributed by atoms with Gasteiger partial charge in [0.05, 0.1) is 11.3 Å². The summed E-state index contributed by atoms with van der Waals surface area (Å²) in [4.78, 5) is 24.9. The van der Waals surface area contributed by atoms with E-state index in [9.17, 15) is 9.59 Å². The lowest BCUT2D eigenvalue weighted by atomic mass is 9.89. The van der Waals surface area contributed by atoms with Gasteiger partial charge in [-0.05, 0) is 37.8 Å². The van der Waals surface area contributed by atoms with Gasteiger partial charge >= 0.3 is 0 Å². The van der Waals surface area contributed by atoms with Gasteiger partial charge in [0.1, 0.15) is 0 Å². The number of hydrogen-bond acceptors (Lipinski definition) is 3. The van der Waals surface area contributed by atoms with Gasteiger partial charge in [0, 0.05) is 18.0 Å². The molecular formula is C18H26N2O2S. The van der Waals surface area contributed by atoms with Crippen LogP contribution in [0.1, 0.15) is 49.4 Å². The topological polar surface area (TPSA) is 58.2 Å². The summed E-state index contributed by atoms with van der Waals surface area (Å²) in [5.41, 5.74) is 0.638. The Bertz CT molecular complexity index is 528. The zero-order chi connectivity index (χ0) is 16.5. The molecule has 1 saturated carbocycles. The molecule has 1 aromatic carbocycles. The van der Waals surface area contributed by atoms with Crippen molar-refractivity contribution in [2.24, 2.45) is 5.92 Å². The normalized spacial score (nSPS) is 15.2. The second-order valence-electron chi connectivity index (χ2n) is 5.95. The highest BCUT2D eigenvalue weighted by molar-refractivity contribution is 8.00. The predicted octanol–water partition coefficient (Wildman–Crippen LogP) is 3.22. The van der Waals surface area contributed by atoms with Crippen LogP contribution in [-0.4, -0.2) is 30.7 Å². The number of benzene rings is 1. The fraction of sp³-hybridized carbons (Fsp3) is 0.556. The standard InChI is InChI=1S/C18H26N2O2S/c1-2-19-18(22)15-10-6-7-11-16(15)23-13-17(21)20-12-14-8-4-3-5-9-14/h6-7,10-11,14H,2-5,8-9,12-13H2,1H3,(H,19,22)(H,20,21). The first kappa shape index (κ1) is 17.9. The van der Waals surface area contributed by atoms with E-state index < -0.39 is 0 Å². The minimum Gasteiger partial charge on any atom is -0.355 e. The van der Waals surface area contributed by atoms with Crippen LogP contribution in [0.5, 0.6) is 0 Å². The predicted molar refractivity (Wildman–Crippen MR) is 94.8 cm³/mol. The van der Waals surface area contributed by atoms with Gasteiger partial charge in [-0.25, -0.2) is 0 Å². The zero-order valence-electron chi connectivity index (χ0n) is 13.8. The maximum atomic E-state index is 12.0. The number of nitrogens with one attached hydrogen (secondary N) is 2. The lowest BCUT2D eigenvalue weighted by Gasteiger charge is -2.21. The number of hydrogen-bond donors (Lipinski definition) is 2. The van der Waals surface area contributed by atoms with E-state index in [2.05, 4.69) is 10.6 Å². The molecule has 1 aromatic rings. The Kier molecular flexibility index (Phi) is 7.46. The third kappa shape index (κ3) is 5.90. The molecule has 0 unspecified atom stereocenters. The molecule has 0 saturated heterocycles. The van der Waals surface area contributed by atoms with Crippen molar-refractivity contribution < 1.29 is 9.59 Å². The smallest absolute Gasteiger partial charge is 0.252 e. The average molecular weight is 334 g/mol. The highest BCUT2D eigenvalue weighted by Gasteiger charge is 2.15. The molecule has 0 aromatic heterocycles. The maximum absolute atomic E-state index is 12.0. The van der Waals surface area contributed by atoms with Crippen molar-refractivity contribution >= 4 is 23.6 Å². The Labute approximate surface area is 142 Å². The Morgan fingerprint density at radius 3 is 2.61 bits per heavy atom. The van der Waals surface area contributed by atoms with Crippen LogP contribution in [-0.2, 0) is 4.79 Å². The van der Waals surface area contributed by atoms with Crippen LogP contribution in [0.4, 0.5) is 0 Å². The summed E-state index contributed by atoms with van der Waals surface area (Å²) in [5.74, 6) is 0.952. The average Bonchev–Trinajstić information content (AvgIpc) is 2.59. The summed E-state index contributed by atoms with van der Waals surface area (Å²) in [6, 6.07) is 7.43. The van der Waals surface area contributed by atoms with Crippen LogP contribution in [0.25, 0.3) is 0 Å². The minimum atomic E-state index is -0.0850. The molecule has 1 fully saturated rings. The van der Waals surface area contributed by atoms with Crippen LogP contribution < -0.4 is 10.6 Å². The minimum absolute atomic E-state index is 0.0475. The first-order valence-corrected chi connectivity index (χ1v) is 9.46. The Balaban J connectivity index is 1.80. The summed E-state index contributed by atoms with van der Waals surface area (Å²) in [7, 11) is 0. The van der Waals surface area contributed by atoms with Gasteiger partial charge in [0.15, 0.2) is 0 Å². The summed E-state index contributed by atoms with van der Waals surface area (Å²) in [6.45, 7) is 3.28.